The largest absolute Gasteiger partial charge is 0.459 e. The molecule has 8 heteroatoms. The van der Waals surface area contributed by atoms with Gasteiger partial charge in [0, 0.05) is 16.8 Å². The number of rotatable bonds is 8. The van der Waals surface area contributed by atoms with Crippen LogP contribution in [0.2, 0.25) is 0 Å². The van der Waals surface area contributed by atoms with Crippen molar-refractivity contribution < 1.29 is 23.9 Å². The molecule has 0 spiro atoms. The molecule has 0 bridgehead atoms. The van der Waals surface area contributed by atoms with E-state index in [0.29, 0.717) is 11.3 Å². The van der Waals surface area contributed by atoms with E-state index in [1.165, 1.54) is 0 Å². The fourth-order valence-corrected chi connectivity index (χ4v) is 3.52. The Morgan fingerprint density at radius 2 is 1.46 bits per heavy atom. The van der Waals surface area contributed by atoms with Crippen molar-refractivity contribution in [2.45, 2.75) is 33.3 Å². The van der Waals surface area contributed by atoms with Crippen LogP contribution in [-0.2, 0) is 14.3 Å². The van der Waals surface area contributed by atoms with Gasteiger partial charge in [0.15, 0.2) is 5.78 Å². The number of para-hydroxylation sites is 1. The summed E-state index contributed by atoms with van der Waals surface area (Å²) in [5, 5.41) is 5.18. The maximum Gasteiger partial charge on any atom is 0.326 e. The van der Waals surface area contributed by atoms with Gasteiger partial charge < -0.3 is 15.4 Å². The highest BCUT2D eigenvalue weighted by Crippen LogP contribution is 2.24. The number of urea groups is 1. The molecule has 3 amide bonds. The van der Waals surface area contributed by atoms with Gasteiger partial charge in [-0.05, 0) is 52.0 Å². The summed E-state index contributed by atoms with van der Waals surface area (Å²) in [5.74, 6) is -1.53. The molecule has 192 valence electrons. The normalized spacial score (nSPS) is 10.8. The van der Waals surface area contributed by atoms with Crippen molar-refractivity contribution in [1.82, 2.24) is 5.32 Å². The number of nitrogens with zero attached hydrogens (tertiary/aromatic N) is 1. The first-order valence-electron chi connectivity index (χ1n) is 11.9. The Balaban J connectivity index is 1.84. The number of nitrogens with one attached hydrogen (secondary N) is 2. The van der Waals surface area contributed by atoms with Crippen molar-refractivity contribution in [1.29, 1.82) is 0 Å². The van der Waals surface area contributed by atoms with Crippen molar-refractivity contribution in [2.75, 3.05) is 23.3 Å². The number of hydrogen-bond donors (Lipinski definition) is 2. The van der Waals surface area contributed by atoms with Crippen molar-refractivity contribution >= 4 is 35.1 Å². The monoisotopic (exact) mass is 501 g/mol. The van der Waals surface area contributed by atoms with Gasteiger partial charge in [0.05, 0.1) is 12.2 Å². The number of hydrogen-bond acceptors (Lipinski definition) is 5. The maximum absolute atomic E-state index is 13.3. The minimum absolute atomic E-state index is 0.243. The Labute approximate surface area is 216 Å². The molecule has 37 heavy (non-hydrogen) atoms. The molecule has 3 aromatic carbocycles. The Hall–Kier alpha value is -4.46. The van der Waals surface area contributed by atoms with Crippen molar-refractivity contribution in [3.8, 4) is 0 Å². The molecule has 0 aromatic heterocycles. The third-order valence-corrected chi connectivity index (χ3v) is 5.19. The molecule has 0 saturated carbocycles. The van der Waals surface area contributed by atoms with E-state index >= 15 is 0 Å². The highest BCUT2D eigenvalue weighted by molar-refractivity contribution is 6.15. The molecule has 3 rings (SSSR count). The van der Waals surface area contributed by atoms with Gasteiger partial charge in [0.25, 0.3) is 0 Å². The number of ether oxygens (including phenoxy) is 1. The van der Waals surface area contributed by atoms with Gasteiger partial charge in [-0.1, -0.05) is 60.2 Å². The second-order valence-corrected chi connectivity index (χ2v) is 9.45. The third-order valence-electron chi connectivity index (χ3n) is 5.19. The summed E-state index contributed by atoms with van der Waals surface area (Å²) in [4.78, 5) is 52.8. The third kappa shape index (κ3) is 8.03. The van der Waals surface area contributed by atoms with Crippen LogP contribution in [0.5, 0.6) is 0 Å². The van der Waals surface area contributed by atoms with E-state index in [-0.39, 0.29) is 17.0 Å². The fourth-order valence-electron chi connectivity index (χ4n) is 3.52. The van der Waals surface area contributed by atoms with Crippen molar-refractivity contribution in [3.05, 3.63) is 95.6 Å². The van der Waals surface area contributed by atoms with Crippen molar-refractivity contribution in [2.24, 2.45) is 0 Å². The van der Waals surface area contributed by atoms with Crippen LogP contribution < -0.4 is 15.5 Å². The number of benzene rings is 3. The Bertz CT molecular complexity index is 1260. The highest BCUT2D eigenvalue weighted by Gasteiger charge is 2.27. The van der Waals surface area contributed by atoms with Crippen LogP contribution in [0, 0.1) is 6.92 Å². The number of carbonyl (C=O) groups is 4. The first-order chi connectivity index (χ1) is 17.5. The first-order valence-corrected chi connectivity index (χ1v) is 11.9. The molecular weight excluding hydrogens is 470 g/mol. The van der Waals surface area contributed by atoms with Gasteiger partial charge in [-0.25, -0.2) is 4.79 Å². The number of anilines is 2. The predicted molar refractivity (Wildman–Crippen MR) is 143 cm³/mol. The lowest BCUT2D eigenvalue weighted by molar-refractivity contribution is -0.153. The zero-order chi connectivity index (χ0) is 27.0. The van der Waals surface area contributed by atoms with Crippen LogP contribution in [0.25, 0.3) is 0 Å². The summed E-state index contributed by atoms with van der Waals surface area (Å²) >= 11 is 0. The molecule has 0 aliphatic rings. The van der Waals surface area contributed by atoms with Crippen LogP contribution in [-0.4, -0.2) is 42.4 Å². The summed E-state index contributed by atoms with van der Waals surface area (Å²) < 4.78 is 5.42. The van der Waals surface area contributed by atoms with E-state index in [9.17, 15) is 19.2 Å². The Morgan fingerprint density at radius 1 is 0.838 bits per heavy atom. The second kappa shape index (κ2) is 12.0. The lowest BCUT2D eigenvalue weighted by atomic mass is 10.0. The van der Waals surface area contributed by atoms with Crippen LogP contribution in [0.3, 0.4) is 0 Å². The van der Waals surface area contributed by atoms with Gasteiger partial charge >= 0.3 is 12.0 Å². The molecule has 0 saturated heterocycles. The van der Waals surface area contributed by atoms with Crippen LogP contribution in [0.15, 0.2) is 78.9 Å². The average molecular weight is 502 g/mol. The number of aryl methyl sites for hydroxylation is 1. The lowest BCUT2D eigenvalue weighted by Gasteiger charge is -2.27. The number of esters is 1. The van der Waals surface area contributed by atoms with Crippen LogP contribution >= 0.6 is 0 Å². The van der Waals surface area contributed by atoms with E-state index in [1.807, 2.05) is 19.1 Å². The van der Waals surface area contributed by atoms with Gasteiger partial charge in [-0.3, -0.25) is 19.3 Å². The molecule has 0 aliphatic heterocycles. The van der Waals surface area contributed by atoms with Crippen molar-refractivity contribution in [3.63, 3.8) is 0 Å². The average Bonchev–Trinajstić information content (AvgIpc) is 2.86. The maximum atomic E-state index is 13.3. The lowest BCUT2D eigenvalue weighted by Crippen LogP contribution is -2.45. The number of ketones is 1. The van der Waals surface area contributed by atoms with E-state index in [4.69, 9.17) is 4.74 Å². The number of carbonyl (C=O) groups excluding carboxylic acids is 4. The minimum atomic E-state index is -0.767. The predicted octanol–water partition coefficient (Wildman–Crippen LogP) is 4.72. The molecule has 0 atom stereocenters. The molecule has 3 aromatic rings. The Kier molecular flexibility index (Phi) is 8.79. The zero-order valence-electron chi connectivity index (χ0n) is 21.4. The summed E-state index contributed by atoms with van der Waals surface area (Å²) in [7, 11) is 0. The smallest absolute Gasteiger partial charge is 0.326 e. The summed E-state index contributed by atoms with van der Waals surface area (Å²) in [6.45, 7) is 6.26. The van der Waals surface area contributed by atoms with Crippen LogP contribution in [0.4, 0.5) is 16.2 Å². The Morgan fingerprint density at radius 3 is 2.11 bits per heavy atom. The molecule has 0 unspecified atom stereocenters. The van der Waals surface area contributed by atoms with Gasteiger partial charge in [0.1, 0.15) is 12.1 Å². The topological polar surface area (TPSA) is 105 Å². The van der Waals surface area contributed by atoms with E-state index in [2.05, 4.69) is 10.6 Å². The molecule has 0 radical (unpaired) electrons. The molecule has 0 heterocycles. The standard InChI is InChI=1S/C29H31N3O5/c1-20-14-16-22(17-15-20)31-28(36)30-18-25(33)32(19-26(34)37-29(2,3)4)24-13-9-8-12-23(24)27(35)21-10-6-5-7-11-21/h5-17H,18-19H2,1-4H3,(H2,30,31,36). The number of amides is 3. The summed E-state index contributed by atoms with van der Waals surface area (Å²) in [5.41, 5.74) is 1.78. The molecule has 2 N–H and O–H groups in total. The molecule has 8 nitrogen and oxygen atoms in total. The molecular formula is C29H31N3O5. The SMILES string of the molecule is Cc1ccc(NC(=O)NCC(=O)N(CC(=O)OC(C)(C)C)c2ccccc2C(=O)c2ccccc2)cc1. The second-order valence-electron chi connectivity index (χ2n) is 9.45. The van der Waals surface area contributed by atoms with Gasteiger partial charge in [-0.15, -0.1) is 0 Å². The van der Waals surface area contributed by atoms with E-state index in [0.717, 1.165) is 10.5 Å². The summed E-state index contributed by atoms with van der Waals surface area (Å²) in [6, 6.07) is 21.8. The van der Waals surface area contributed by atoms with Gasteiger partial charge in [0.2, 0.25) is 5.91 Å². The molecule has 0 aliphatic carbocycles. The van der Waals surface area contributed by atoms with E-state index in [1.54, 1.807) is 87.5 Å². The quantitative estimate of drug-likeness (QED) is 0.343. The van der Waals surface area contributed by atoms with Crippen LogP contribution in [0.1, 0.15) is 42.3 Å². The van der Waals surface area contributed by atoms with E-state index < -0.39 is 36.6 Å². The minimum Gasteiger partial charge on any atom is -0.459 e. The zero-order valence-corrected chi connectivity index (χ0v) is 21.4. The highest BCUT2D eigenvalue weighted by atomic mass is 16.6. The van der Waals surface area contributed by atoms with Gasteiger partial charge in [-0.2, -0.15) is 0 Å². The molecule has 0 fully saturated rings. The fraction of sp³-hybridized carbons (Fsp3) is 0.241. The first kappa shape index (κ1) is 27.1. The summed E-state index contributed by atoms with van der Waals surface area (Å²) in [6.07, 6.45) is 0.